The molecule has 5 heteroatoms. The lowest BCUT2D eigenvalue weighted by Crippen LogP contribution is -2.53. The third-order valence-corrected chi connectivity index (χ3v) is 7.23. The van der Waals surface area contributed by atoms with Crippen molar-refractivity contribution in [3.63, 3.8) is 0 Å². The van der Waals surface area contributed by atoms with E-state index in [-0.39, 0.29) is 35.3 Å². The number of furan rings is 1. The van der Waals surface area contributed by atoms with Gasteiger partial charge in [0.2, 0.25) is 0 Å². The lowest BCUT2D eigenvalue weighted by molar-refractivity contribution is -0.183. The fourth-order valence-electron chi connectivity index (χ4n) is 5.11. The van der Waals surface area contributed by atoms with Crippen molar-refractivity contribution >= 4 is 11.9 Å². The van der Waals surface area contributed by atoms with Crippen molar-refractivity contribution in [2.24, 2.45) is 17.3 Å². The summed E-state index contributed by atoms with van der Waals surface area (Å²) in [5.74, 6) is 0.608. The van der Waals surface area contributed by atoms with Crippen LogP contribution >= 0.6 is 0 Å². The molecule has 3 rings (SSSR count). The van der Waals surface area contributed by atoms with Crippen LogP contribution in [0.2, 0.25) is 0 Å². The molecule has 0 bridgehead atoms. The van der Waals surface area contributed by atoms with E-state index >= 15 is 0 Å². The van der Waals surface area contributed by atoms with Gasteiger partial charge in [0.05, 0.1) is 6.26 Å². The highest BCUT2D eigenvalue weighted by Gasteiger charge is 2.57. The van der Waals surface area contributed by atoms with Crippen LogP contribution in [0.4, 0.5) is 0 Å². The Bertz CT molecular complexity index is 885. The van der Waals surface area contributed by atoms with E-state index < -0.39 is 6.10 Å². The summed E-state index contributed by atoms with van der Waals surface area (Å²) in [5.41, 5.74) is 3.12. The molecule has 1 fully saturated rings. The highest BCUT2D eigenvalue weighted by molar-refractivity contribution is 5.87. The summed E-state index contributed by atoms with van der Waals surface area (Å²) in [5, 5.41) is 0. The zero-order valence-corrected chi connectivity index (χ0v) is 19.2. The second-order valence-corrected chi connectivity index (χ2v) is 9.34. The van der Waals surface area contributed by atoms with E-state index in [2.05, 4.69) is 13.8 Å². The minimum Gasteiger partial charge on any atom is -0.469 e. The first-order valence-corrected chi connectivity index (χ1v) is 10.9. The summed E-state index contributed by atoms with van der Waals surface area (Å²) < 4.78 is 17.9. The van der Waals surface area contributed by atoms with Gasteiger partial charge in [-0.3, -0.25) is 0 Å². The number of carbonyl (C=O) groups is 2. The molecule has 1 aromatic rings. The number of esters is 2. The molecule has 164 valence electrons. The minimum atomic E-state index is -0.438. The van der Waals surface area contributed by atoms with Crippen molar-refractivity contribution in [3.8, 4) is 0 Å². The average molecular weight is 415 g/mol. The van der Waals surface area contributed by atoms with E-state index in [0.717, 1.165) is 41.7 Å². The van der Waals surface area contributed by atoms with E-state index in [9.17, 15) is 9.59 Å². The number of hydrogen-bond donors (Lipinski definition) is 0. The number of hydrogen-bond acceptors (Lipinski definition) is 5. The first kappa shape index (κ1) is 22.4. The Hall–Kier alpha value is -2.30. The van der Waals surface area contributed by atoms with Crippen LogP contribution in [0.1, 0.15) is 77.4 Å². The quantitative estimate of drug-likeness (QED) is 0.472. The molecule has 1 saturated carbocycles. The zero-order valence-electron chi connectivity index (χ0n) is 19.2. The lowest BCUT2D eigenvalue weighted by Gasteiger charge is -2.54. The number of allylic oxidation sites excluding steroid dienone is 2. The Morgan fingerprint density at radius 1 is 1.20 bits per heavy atom. The molecule has 0 N–H and O–H groups in total. The van der Waals surface area contributed by atoms with E-state index in [1.54, 1.807) is 19.3 Å². The molecule has 2 aliphatic carbocycles. The van der Waals surface area contributed by atoms with Crippen molar-refractivity contribution in [1.29, 1.82) is 0 Å². The maximum absolute atomic E-state index is 12.7. The molecule has 30 heavy (non-hydrogen) atoms. The first-order chi connectivity index (χ1) is 14.1. The summed E-state index contributed by atoms with van der Waals surface area (Å²) in [4.78, 5) is 25.1. The SMILES string of the molecule is CC=C(C)C(=O)O[C@H]1CC[C@@H]2Cc3occ(C)c3[C@@H](OC(=O)C=C(C)C)[C@]2(C)[C@H]1C. The van der Waals surface area contributed by atoms with E-state index in [1.807, 2.05) is 27.7 Å². The van der Waals surface area contributed by atoms with E-state index in [1.165, 1.54) is 6.08 Å². The Morgan fingerprint density at radius 3 is 2.53 bits per heavy atom. The Morgan fingerprint density at radius 2 is 1.90 bits per heavy atom. The molecule has 0 radical (unpaired) electrons. The molecule has 0 saturated heterocycles. The minimum absolute atomic E-state index is 0.0248. The average Bonchev–Trinajstić information content (AvgIpc) is 3.04. The van der Waals surface area contributed by atoms with Gasteiger partial charge in [-0.25, -0.2) is 9.59 Å². The van der Waals surface area contributed by atoms with Gasteiger partial charge < -0.3 is 13.9 Å². The predicted molar refractivity (Wildman–Crippen MR) is 115 cm³/mol. The molecule has 0 spiro atoms. The molecular weight excluding hydrogens is 380 g/mol. The van der Waals surface area contributed by atoms with Crippen molar-refractivity contribution < 1.29 is 23.5 Å². The Labute approximate surface area is 179 Å². The summed E-state index contributed by atoms with van der Waals surface area (Å²) in [6.45, 7) is 13.7. The third kappa shape index (κ3) is 3.86. The molecule has 0 unspecified atom stereocenters. The molecule has 0 amide bonds. The normalized spacial score (nSPS) is 30.7. The summed E-state index contributed by atoms with van der Waals surface area (Å²) >= 11 is 0. The van der Waals surface area contributed by atoms with Crippen LogP contribution in [0.15, 0.2) is 34.0 Å². The molecule has 5 atom stereocenters. The first-order valence-electron chi connectivity index (χ1n) is 10.9. The van der Waals surface area contributed by atoms with Gasteiger partial charge in [0.1, 0.15) is 18.0 Å². The molecule has 0 aromatic carbocycles. The van der Waals surface area contributed by atoms with Gasteiger partial charge in [0.25, 0.3) is 0 Å². The highest BCUT2D eigenvalue weighted by atomic mass is 16.6. The molecule has 5 nitrogen and oxygen atoms in total. The van der Waals surface area contributed by atoms with Crippen LogP contribution in [0.5, 0.6) is 0 Å². The molecule has 0 aliphatic heterocycles. The maximum Gasteiger partial charge on any atom is 0.333 e. The third-order valence-electron chi connectivity index (χ3n) is 7.23. The van der Waals surface area contributed by atoms with Gasteiger partial charge in [-0.15, -0.1) is 0 Å². The van der Waals surface area contributed by atoms with Crippen LogP contribution in [0.25, 0.3) is 0 Å². The van der Waals surface area contributed by atoms with Gasteiger partial charge in [0.15, 0.2) is 0 Å². The standard InChI is InChI=1S/C25H34O5/c1-8-15(4)24(27)29-19-10-9-18-12-20-22(16(5)13-28-20)23(25(18,7)17(19)6)30-21(26)11-14(2)3/h8,11,13,17-19,23H,9-10,12H2,1-7H3/t17-,18+,19-,23+,25+/m0/s1. The fraction of sp³-hybridized carbons (Fsp3) is 0.600. The molecule has 1 heterocycles. The molecular formula is C25H34O5. The number of aryl methyl sites for hydroxylation is 1. The van der Waals surface area contributed by atoms with Crippen molar-refractivity contribution in [2.45, 2.75) is 79.9 Å². The van der Waals surface area contributed by atoms with E-state index in [4.69, 9.17) is 13.9 Å². The number of fused-ring (bicyclic) bond motifs is 2. The smallest absolute Gasteiger partial charge is 0.333 e. The highest BCUT2D eigenvalue weighted by Crippen LogP contribution is 2.60. The number of ether oxygens (including phenoxy) is 2. The second-order valence-electron chi connectivity index (χ2n) is 9.34. The van der Waals surface area contributed by atoms with Gasteiger partial charge in [-0.05, 0) is 58.9 Å². The molecule has 2 aliphatic rings. The van der Waals surface area contributed by atoms with Crippen molar-refractivity contribution in [1.82, 2.24) is 0 Å². The van der Waals surface area contributed by atoms with Crippen LogP contribution in [-0.4, -0.2) is 18.0 Å². The molecule has 1 aromatic heterocycles. The largest absolute Gasteiger partial charge is 0.469 e. The van der Waals surface area contributed by atoms with Gasteiger partial charge in [0, 0.05) is 35.0 Å². The van der Waals surface area contributed by atoms with E-state index in [0.29, 0.717) is 5.57 Å². The van der Waals surface area contributed by atoms with Crippen molar-refractivity contribution in [3.05, 3.63) is 46.4 Å². The Balaban J connectivity index is 1.99. The topological polar surface area (TPSA) is 65.7 Å². The second kappa shape index (κ2) is 8.44. The number of carbonyl (C=O) groups excluding carboxylic acids is 2. The number of rotatable bonds is 4. The van der Waals surface area contributed by atoms with Gasteiger partial charge in [-0.1, -0.05) is 25.5 Å². The monoisotopic (exact) mass is 414 g/mol. The van der Waals surface area contributed by atoms with Crippen molar-refractivity contribution in [2.75, 3.05) is 0 Å². The van der Waals surface area contributed by atoms with Crippen LogP contribution in [0.3, 0.4) is 0 Å². The van der Waals surface area contributed by atoms with Crippen LogP contribution in [0, 0.1) is 24.2 Å². The Kier molecular flexibility index (Phi) is 6.30. The summed E-state index contributed by atoms with van der Waals surface area (Å²) in [6.07, 6.45) is 6.91. The van der Waals surface area contributed by atoms with Gasteiger partial charge >= 0.3 is 11.9 Å². The van der Waals surface area contributed by atoms with Gasteiger partial charge in [-0.2, -0.15) is 0 Å². The summed E-state index contributed by atoms with van der Waals surface area (Å²) in [6, 6.07) is 0. The van der Waals surface area contributed by atoms with Crippen LogP contribution in [-0.2, 0) is 25.5 Å². The maximum atomic E-state index is 12.7. The lowest BCUT2D eigenvalue weighted by atomic mass is 9.53. The van der Waals surface area contributed by atoms with Crippen LogP contribution < -0.4 is 0 Å². The predicted octanol–water partition coefficient (Wildman–Crippen LogP) is 5.63. The zero-order chi connectivity index (χ0) is 22.2. The fourth-order valence-corrected chi connectivity index (χ4v) is 5.11. The summed E-state index contributed by atoms with van der Waals surface area (Å²) in [7, 11) is 0.